The first kappa shape index (κ1) is 15.1. The summed E-state index contributed by atoms with van der Waals surface area (Å²) in [6, 6.07) is 3.46. The van der Waals surface area contributed by atoms with Crippen molar-refractivity contribution in [2.24, 2.45) is 0 Å². The number of hydrogen-bond acceptors (Lipinski definition) is 5. The van der Waals surface area contributed by atoms with Crippen molar-refractivity contribution in [2.45, 2.75) is 25.5 Å². The molecule has 2 rings (SSSR count). The Labute approximate surface area is 123 Å². The van der Waals surface area contributed by atoms with Gasteiger partial charge in [-0.15, -0.1) is 0 Å². The smallest absolute Gasteiger partial charge is 0.253 e. The first-order chi connectivity index (χ1) is 9.69. The summed E-state index contributed by atoms with van der Waals surface area (Å²) in [5, 5.41) is 2.84. The molecule has 1 aliphatic heterocycles. The minimum atomic E-state index is -0.148. The van der Waals surface area contributed by atoms with E-state index in [4.69, 9.17) is 9.47 Å². The van der Waals surface area contributed by atoms with E-state index in [1.807, 2.05) is 18.7 Å². The zero-order chi connectivity index (χ0) is 14.4. The molecule has 5 nitrogen and oxygen atoms in total. The van der Waals surface area contributed by atoms with E-state index in [1.54, 1.807) is 25.4 Å². The van der Waals surface area contributed by atoms with E-state index in [-0.39, 0.29) is 18.1 Å². The van der Waals surface area contributed by atoms with Gasteiger partial charge in [-0.25, -0.2) is 4.98 Å². The summed E-state index contributed by atoms with van der Waals surface area (Å²) in [4.78, 5) is 16.1. The molecule has 0 radical (unpaired) electrons. The molecule has 20 heavy (non-hydrogen) atoms. The summed E-state index contributed by atoms with van der Waals surface area (Å²) in [5.74, 6) is 2.59. The van der Waals surface area contributed by atoms with Crippen LogP contribution in [0.2, 0.25) is 0 Å². The third kappa shape index (κ3) is 4.38. The first-order valence-corrected chi connectivity index (χ1v) is 7.84. The molecule has 1 N–H and O–H groups in total. The number of amides is 1. The molecule has 110 valence electrons. The Kier molecular flexibility index (Phi) is 5.67. The third-order valence-corrected chi connectivity index (χ3v) is 4.10. The minimum absolute atomic E-state index is 0.0288. The highest BCUT2D eigenvalue weighted by Gasteiger charge is 2.17. The lowest BCUT2D eigenvalue weighted by Crippen LogP contribution is -2.35. The highest BCUT2D eigenvalue weighted by Crippen LogP contribution is 2.21. The second kappa shape index (κ2) is 7.50. The first-order valence-electron chi connectivity index (χ1n) is 6.69. The second-order valence-electron chi connectivity index (χ2n) is 4.82. The normalized spacial score (nSPS) is 19.6. The van der Waals surface area contributed by atoms with Crippen LogP contribution in [-0.2, 0) is 4.74 Å². The van der Waals surface area contributed by atoms with E-state index in [0.29, 0.717) is 18.1 Å². The number of pyridine rings is 1. The molecule has 1 aromatic heterocycles. The van der Waals surface area contributed by atoms with Crippen LogP contribution in [0.5, 0.6) is 5.88 Å². The molecule has 0 aromatic carbocycles. The highest BCUT2D eigenvalue weighted by molar-refractivity contribution is 7.99. The van der Waals surface area contributed by atoms with Crippen LogP contribution in [0.25, 0.3) is 0 Å². The third-order valence-electron chi connectivity index (χ3n) is 2.97. The Hall–Kier alpha value is -1.27. The Bertz CT molecular complexity index is 433. The molecule has 0 bridgehead atoms. The predicted molar refractivity (Wildman–Crippen MR) is 79.4 cm³/mol. The van der Waals surface area contributed by atoms with Gasteiger partial charge in [-0.1, -0.05) is 0 Å². The number of nitrogens with zero attached hydrogens (tertiary/aromatic N) is 1. The maximum Gasteiger partial charge on any atom is 0.253 e. The lowest BCUT2D eigenvalue weighted by Gasteiger charge is -2.13. The van der Waals surface area contributed by atoms with Crippen molar-refractivity contribution in [1.82, 2.24) is 10.3 Å². The molecule has 1 aromatic rings. The van der Waals surface area contributed by atoms with Gasteiger partial charge in [0.15, 0.2) is 0 Å². The van der Waals surface area contributed by atoms with Gasteiger partial charge in [-0.2, -0.15) is 11.8 Å². The summed E-state index contributed by atoms with van der Waals surface area (Å²) >= 11 is 1.89. The minimum Gasteiger partial charge on any atom is -0.473 e. The van der Waals surface area contributed by atoms with Crippen molar-refractivity contribution in [2.75, 3.05) is 25.2 Å². The van der Waals surface area contributed by atoms with Crippen LogP contribution in [0.4, 0.5) is 0 Å². The Morgan fingerprint density at radius 1 is 1.60 bits per heavy atom. The van der Waals surface area contributed by atoms with Gasteiger partial charge in [0, 0.05) is 31.2 Å². The fourth-order valence-electron chi connectivity index (χ4n) is 1.96. The van der Waals surface area contributed by atoms with Gasteiger partial charge >= 0.3 is 0 Å². The molecule has 0 saturated carbocycles. The fraction of sp³-hybridized carbons (Fsp3) is 0.571. The zero-order valence-electron chi connectivity index (χ0n) is 11.8. The van der Waals surface area contributed by atoms with E-state index in [0.717, 1.165) is 17.9 Å². The second-order valence-corrected chi connectivity index (χ2v) is 5.97. The van der Waals surface area contributed by atoms with Crippen LogP contribution in [0, 0.1) is 0 Å². The molecular weight excluding hydrogens is 276 g/mol. The number of nitrogens with one attached hydrogen (secondary N) is 1. The largest absolute Gasteiger partial charge is 0.473 e. The van der Waals surface area contributed by atoms with Gasteiger partial charge in [0.25, 0.3) is 5.91 Å². The molecule has 1 aliphatic rings. The summed E-state index contributed by atoms with van der Waals surface area (Å²) in [7, 11) is 1.61. The number of hydrogen-bond donors (Lipinski definition) is 1. The predicted octanol–water partition coefficient (Wildman–Crippen LogP) is 1.73. The molecule has 0 spiro atoms. The summed E-state index contributed by atoms with van der Waals surface area (Å²) < 4.78 is 10.7. The number of rotatable bonds is 6. The number of aromatic nitrogens is 1. The summed E-state index contributed by atoms with van der Waals surface area (Å²) in [6.07, 6.45) is 2.85. The number of ether oxygens (including phenoxy) is 2. The molecule has 2 unspecified atom stereocenters. The van der Waals surface area contributed by atoms with Crippen molar-refractivity contribution in [3.05, 3.63) is 23.9 Å². The topological polar surface area (TPSA) is 60.5 Å². The van der Waals surface area contributed by atoms with E-state index >= 15 is 0 Å². The van der Waals surface area contributed by atoms with Gasteiger partial charge in [0.2, 0.25) is 5.88 Å². The molecule has 2 heterocycles. The van der Waals surface area contributed by atoms with Crippen molar-refractivity contribution in [3.8, 4) is 5.88 Å². The van der Waals surface area contributed by atoms with E-state index in [1.165, 1.54) is 0 Å². The van der Waals surface area contributed by atoms with Crippen LogP contribution in [-0.4, -0.2) is 48.3 Å². The average molecular weight is 296 g/mol. The average Bonchev–Trinajstić information content (AvgIpc) is 2.92. The summed E-state index contributed by atoms with van der Waals surface area (Å²) in [5.41, 5.74) is 0.529. The number of carbonyl (C=O) groups is 1. The number of thioether (sulfide) groups is 1. The number of methoxy groups -OCH3 is 1. The maximum absolute atomic E-state index is 11.9. The zero-order valence-corrected chi connectivity index (χ0v) is 12.6. The molecule has 2 atom stereocenters. The van der Waals surface area contributed by atoms with E-state index in [9.17, 15) is 4.79 Å². The van der Waals surface area contributed by atoms with Crippen LogP contribution in [0.1, 0.15) is 23.7 Å². The molecule has 1 amide bonds. The Morgan fingerprint density at radius 3 is 3.05 bits per heavy atom. The van der Waals surface area contributed by atoms with Crippen molar-refractivity contribution >= 4 is 17.7 Å². The van der Waals surface area contributed by atoms with Crippen LogP contribution < -0.4 is 10.1 Å². The van der Waals surface area contributed by atoms with Gasteiger partial charge in [0.1, 0.15) is 6.10 Å². The van der Waals surface area contributed by atoms with Gasteiger partial charge in [0.05, 0.1) is 12.2 Å². The maximum atomic E-state index is 11.9. The van der Waals surface area contributed by atoms with Crippen LogP contribution in [0.3, 0.4) is 0 Å². The SMILES string of the molecule is COCC(C)NC(=O)c1ccc(OC2CCSC2)nc1. The van der Waals surface area contributed by atoms with Crippen LogP contribution >= 0.6 is 11.8 Å². The van der Waals surface area contributed by atoms with Crippen molar-refractivity contribution in [3.63, 3.8) is 0 Å². The van der Waals surface area contributed by atoms with Crippen molar-refractivity contribution in [1.29, 1.82) is 0 Å². The Balaban J connectivity index is 1.88. The Morgan fingerprint density at radius 2 is 2.45 bits per heavy atom. The van der Waals surface area contributed by atoms with E-state index < -0.39 is 0 Å². The standard InChI is InChI=1S/C14H20N2O3S/c1-10(8-18-2)16-14(17)11-3-4-13(15-7-11)19-12-5-6-20-9-12/h3-4,7,10,12H,5-6,8-9H2,1-2H3,(H,16,17). The molecular formula is C14H20N2O3S. The molecule has 0 aliphatic carbocycles. The van der Waals surface area contributed by atoms with E-state index in [2.05, 4.69) is 10.3 Å². The van der Waals surface area contributed by atoms with Crippen molar-refractivity contribution < 1.29 is 14.3 Å². The monoisotopic (exact) mass is 296 g/mol. The van der Waals surface area contributed by atoms with Gasteiger partial charge in [-0.05, 0) is 25.2 Å². The van der Waals surface area contributed by atoms with Gasteiger partial charge < -0.3 is 14.8 Å². The molecule has 1 fully saturated rings. The van der Waals surface area contributed by atoms with Crippen LogP contribution in [0.15, 0.2) is 18.3 Å². The summed E-state index contributed by atoms with van der Waals surface area (Å²) in [6.45, 7) is 2.38. The quantitative estimate of drug-likeness (QED) is 0.866. The lowest BCUT2D eigenvalue weighted by molar-refractivity contribution is 0.0905. The highest BCUT2D eigenvalue weighted by atomic mass is 32.2. The molecule has 1 saturated heterocycles. The lowest BCUT2D eigenvalue weighted by atomic mass is 10.2. The fourth-order valence-corrected chi connectivity index (χ4v) is 3.05. The molecule has 6 heteroatoms. The van der Waals surface area contributed by atoms with Gasteiger partial charge in [-0.3, -0.25) is 4.79 Å². The number of carbonyl (C=O) groups excluding carboxylic acids is 1.